The smallest absolute Gasteiger partial charge is 0.381 e. The molecule has 6 nitrogen and oxygen atoms in total. The monoisotopic (exact) mass is 306 g/mol. The molecule has 1 unspecified atom stereocenters. The van der Waals surface area contributed by atoms with E-state index < -0.39 is 24.7 Å². The molecule has 0 bridgehead atoms. The van der Waals surface area contributed by atoms with Crippen LogP contribution in [0.5, 0.6) is 0 Å². The molecule has 2 rings (SSSR count). The Labute approximate surface area is 119 Å². The van der Waals surface area contributed by atoms with Crippen molar-refractivity contribution >= 4 is 5.91 Å². The van der Waals surface area contributed by atoms with Crippen LogP contribution in [0.2, 0.25) is 0 Å². The van der Waals surface area contributed by atoms with E-state index in [4.69, 9.17) is 10.5 Å². The summed E-state index contributed by atoms with van der Waals surface area (Å²) in [6.45, 7) is 0.375. The number of rotatable bonds is 4. The van der Waals surface area contributed by atoms with Gasteiger partial charge in [0, 0.05) is 26.0 Å². The van der Waals surface area contributed by atoms with Gasteiger partial charge in [0.15, 0.2) is 0 Å². The van der Waals surface area contributed by atoms with Crippen molar-refractivity contribution in [3.63, 3.8) is 0 Å². The van der Waals surface area contributed by atoms with Crippen molar-refractivity contribution < 1.29 is 22.7 Å². The molecule has 0 saturated carbocycles. The summed E-state index contributed by atoms with van der Waals surface area (Å²) in [5.74, 6) is -0.827. The summed E-state index contributed by atoms with van der Waals surface area (Å²) in [5.41, 5.74) is 5.17. The fraction of sp³-hybridized carbons (Fsp3) is 0.667. The van der Waals surface area contributed by atoms with E-state index in [-0.39, 0.29) is 11.7 Å². The van der Waals surface area contributed by atoms with E-state index in [2.05, 4.69) is 5.10 Å². The van der Waals surface area contributed by atoms with Crippen LogP contribution in [-0.4, -0.2) is 47.7 Å². The molecule has 1 saturated heterocycles. The van der Waals surface area contributed by atoms with Gasteiger partial charge in [0.2, 0.25) is 0 Å². The number of aromatic nitrogens is 2. The van der Waals surface area contributed by atoms with E-state index in [0.717, 1.165) is 0 Å². The third-order valence-electron chi connectivity index (χ3n) is 3.38. The number of ether oxygens (including phenoxy) is 1. The van der Waals surface area contributed by atoms with Gasteiger partial charge in [-0.05, 0) is 18.9 Å². The highest BCUT2D eigenvalue weighted by Gasteiger charge is 2.40. The van der Waals surface area contributed by atoms with Gasteiger partial charge in [-0.3, -0.25) is 9.48 Å². The number of hydrogen-bond donors (Lipinski definition) is 2. The minimum Gasteiger partial charge on any atom is -0.381 e. The predicted octanol–water partition coefficient (Wildman–Crippen LogP) is 0.854. The molecule has 1 aliphatic heterocycles. The van der Waals surface area contributed by atoms with E-state index in [9.17, 15) is 18.0 Å². The van der Waals surface area contributed by atoms with Gasteiger partial charge >= 0.3 is 6.18 Å². The van der Waals surface area contributed by atoms with Gasteiger partial charge in [0.25, 0.3) is 5.91 Å². The van der Waals surface area contributed by atoms with Crippen molar-refractivity contribution in [2.75, 3.05) is 19.8 Å². The van der Waals surface area contributed by atoms with Crippen LogP contribution < -0.4 is 11.1 Å². The molecule has 2 heterocycles. The number of nitrogens with two attached hydrogens (primary N) is 1. The van der Waals surface area contributed by atoms with Crippen LogP contribution in [0.1, 0.15) is 29.4 Å². The molecule has 1 amide bonds. The molecule has 1 aliphatic rings. The summed E-state index contributed by atoms with van der Waals surface area (Å²) in [6.07, 6.45) is -1.84. The van der Waals surface area contributed by atoms with Crippen LogP contribution in [0.25, 0.3) is 0 Å². The van der Waals surface area contributed by atoms with Crippen molar-refractivity contribution in [3.8, 4) is 0 Å². The number of carbonyl (C=O) groups is 1. The molecule has 9 heteroatoms. The van der Waals surface area contributed by atoms with Crippen LogP contribution in [0, 0.1) is 0 Å². The van der Waals surface area contributed by atoms with E-state index in [1.807, 2.05) is 5.32 Å². The number of nitrogens with one attached hydrogen (secondary N) is 1. The molecular weight excluding hydrogens is 289 g/mol. The van der Waals surface area contributed by atoms with Crippen LogP contribution in [-0.2, 0) is 4.74 Å². The Kier molecular flexibility index (Phi) is 4.84. The second-order valence-electron chi connectivity index (χ2n) is 4.81. The second kappa shape index (κ2) is 6.44. The van der Waals surface area contributed by atoms with E-state index in [1.54, 1.807) is 0 Å². The van der Waals surface area contributed by atoms with E-state index in [1.165, 1.54) is 16.9 Å². The van der Waals surface area contributed by atoms with Crippen molar-refractivity contribution in [2.24, 2.45) is 5.73 Å². The van der Waals surface area contributed by atoms with Crippen LogP contribution in [0.15, 0.2) is 12.3 Å². The summed E-state index contributed by atoms with van der Waals surface area (Å²) in [6, 6.07) is -0.714. The molecule has 0 spiro atoms. The van der Waals surface area contributed by atoms with Gasteiger partial charge in [-0.15, -0.1) is 0 Å². The summed E-state index contributed by atoms with van der Waals surface area (Å²) in [7, 11) is 0. The van der Waals surface area contributed by atoms with Gasteiger partial charge in [-0.1, -0.05) is 0 Å². The average molecular weight is 306 g/mol. The highest BCUT2D eigenvalue weighted by Crippen LogP contribution is 2.23. The highest BCUT2D eigenvalue weighted by atomic mass is 19.4. The second-order valence-corrected chi connectivity index (χ2v) is 4.81. The van der Waals surface area contributed by atoms with Gasteiger partial charge in [-0.2, -0.15) is 18.3 Å². The predicted molar refractivity (Wildman–Crippen MR) is 67.7 cm³/mol. The maximum absolute atomic E-state index is 12.6. The molecule has 21 heavy (non-hydrogen) atoms. The molecule has 118 valence electrons. The molecule has 3 N–H and O–H groups in total. The largest absolute Gasteiger partial charge is 0.409 e. The van der Waals surface area contributed by atoms with Crippen LogP contribution >= 0.6 is 0 Å². The number of amides is 1. The van der Waals surface area contributed by atoms with Gasteiger partial charge in [0.05, 0.1) is 6.04 Å². The first-order valence-corrected chi connectivity index (χ1v) is 6.62. The Morgan fingerprint density at radius 3 is 2.76 bits per heavy atom. The first-order chi connectivity index (χ1) is 9.93. The minimum absolute atomic E-state index is 0.0447. The third-order valence-corrected chi connectivity index (χ3v) is 3.38. The molecular formula is C12H17F3N4O2. The van der Waals surface area contributed by atoms with Crippen molar-refractivity contribution in [1.29, 1.82) is 0 Å². The number of halogens is 3. The van der Waals surface area contributed by atoms with Gasteiger partial charge < -0.3 is 15.8 Å². The number of alkyl halides is 3. The molecule has 1 fully saturated rings. The van der Waals surface area contributed by atoms with Gasteiger partial charge in [-0.25, -0.2) is 0 Å². The first kappa shape index (κ1) is 15.8. The molecule has 1 atom stereocenters. The van der Waals surface area contributed by atoms with Gasteiger partial charge in [0.1, 0.15) is 11.7 Å². The maximum Gasteiger partial charge on any atom is 0.409 e. The highest BCUT2D eigenvalue weighted by molar-refractivity contribution is 5.92. The lowest BCUT2D eigenvalue weighted by molar-refractivity contribution is -0.151. The number of hydrogen-bond acceptors (Lipinski definition) is 4. The lowest BCUT2D eigenvalue weighted by Gasteiger charge is -2.25. The average Bonchev–Trinajstić information content (AvgIpc) is 2.93. The number of carbonyl (C=O) groups excluding carboxylic acids is 1. The lowest BCUT2D eigenvalue weighted by Crippen LogP contribution is -2.50. The SMILES string of the molecule is NCC(NC(=O)c1ccnn1C1CCOCC1)C(F)(F)F. The zero-order valence-electron chi connectivity index (χ0n) is 11.3. The molecule has 1 aromatic heterocycles. The van der Waals surface area contributed by atoms with Crippen molar-refractivity contribution in [1.82, 2.24) is 15.1 Å². The maximum atomic E-state index is 12.6. The summed E-state index contributed by atoms with van der Waals surface area (Å²) in [5, 5.41) is 5.95. The van der Waals surface area contributed by atoms with Crippen LogP contribution in [0.4, 0.5) is 13.2 Å². The van der Waals surface area contributed by atoms with Crippen molar-refractivity contribution in [3.05, 3.63) is 18.0 Å². The Morgan fingerprint density at radius 1 is 1.52 bits per heavy atom. The Hall–Kier alpha value is -1.61. The Morgan fingerprint density at radius 2 is 2.19 bits per heavy atom. The van der Waals surface area contributed by atoms with Crippen molar-refractivity contribution in [2.45, 2.75) is 31.1 Å². The summed E-state index contributed by atoms with van der Waals surface area (Å²) in [4.78, 5) is 12.0. The van der Waals surface area contributed by atoms with E-state index in [0.29, 0.717) is 26.1 Å². The first-order valence-electron chi connectivity index (χ1n) is 6.62. The normalized spacial score (nSPS) is 18.5. The molecule has 0 radical (unpaired) electrons. The summed E-state index contributed by atoms with van der Waals surface area (Å²) >= 11 is 0. The minimum atomic E-state index is -4.58. The Balaban J connectivity index is 2.11. The topological polar surface area (TPSA) is 82.2 Å². The fourth-order valence-electron chi connectivity index (χ4n) is 2.22. The molecule has 0 aromatic carbocycles. The lowest BCUT2D eigenvalue weighted by atomic mass is 10.1. The standard InChI is InChI=1S/C12H17F3N4O2/c13-12(14,15)10(7-16)18-11(20)9-1-4-17-19(9)8-2-5-21-6-3-8/h1,4,8,10H,2-3,5-7,16H2,(H,18,20). The Bertz CT molecular complexity index is 483. The van der Waals surface area contributed by atoms with Crippen LogP contribution in [0.3, 0.4) is 0 Å². The number of nitrogens with zero attached hydrogens (tertiary/aromatic N) is 2. The fourth-order valence-corrected chi connectivity index (χ4v) is 2.22. The zero-order chi connectivity index (χ0) is 15.5. The third kappa shape index (κ3) is 3.73. The molecule has 0 aliphatic carbocycles. The summed E-state index contributed by atoms with van der Waals surface area (Å²) < 4.78 is 44.6. The quantitative estimate of drug-likeness (QED) is 0.864. The molecule has 1 aromatic rings. The van der Waals surface area contributed by atoms with E-state index >= 15 is 0 Å². The zero-order valence-corrected chi connectivity index (χ0v) is 11.3.